The first kappa shape index (κ1) is 10.6. The minimum Gasteiger partial charge on any atom is -0.493 e. The summed E-state index contributed by atoms with van der Waals surface area (Å²) < 4.78 is 5.68. The first-order valence-electron chi connectivity index (χ1n) is 6.29. The lowest BCUT2D eigenvalue weighted by molar-refractivity contribution is -0.139. The Bertz CT molecular complexity index is 394. The molecule has 0 N–H and O–H groups in total. The third kappa shape index (κ3) is 2.43. The zero-order chi connectivity index (χ0) is 11.7. The van der Waals surface area contributed by atoms with Gasteiger partial charge in [0.05, 0.1) is 6.61 Å². The van der Waals surface area contributed by atoms with Crippen LogP contribution in [-0.2, 0) is 4.79 Å². The number of amides is 1. The number of carbonyl (C=O) groups excluding carboxylic acids is 1. The molecule has 1 aliphatic carbocycles. The van der Waals surface area contributed by atoms with Gasteiger partial charge in [0.2, 0.25) is 5.91 Å². The summed E-state index contributed by atoms with van der Waals surface area (Å²) in [6.45, 7) is 2.47. The van der Waals surface area contributed by atoms with Gasteiger partial charge in [-0.05, 0) is 25.0 Å². The van der Waals surface area contributed by atoms with E-state index in [9.17, 15) is 4.79 Å². The van der Waals surface area contributed by atoms with Gasteiger partial charge in [-0.2, -0.15) is 0 Å². The summed E-state index contributed by atoms with van der Waals surface area (Å²) in [4.78, 5) is 13.7. The summed E-state index contributed by atoms with van der Waals surface area (Å²) in [6, 6.07) is 9.85. The van der Waals surface area contributed by atoms with Crippen LogP contribution in [0.25, 0.3) is 0 Å². The molecule has 1 heterocycles. The van der Waals surface area contributed by atoms with Gasteiger partial charge in [-0.1, -0.05) is 18.2 Å². The van der Waals surface area contributed by atoms with Crippen molar-refractivity contribution in [3.05, 3.63) is 30.3 Å². The third-order valence-electron chi connectivity index (χ3n) is 3.42. The maximum absolute atomic E-state index is 11.7. The van der Waals surface area contributed by atoms with Crippen LogP contribution in [0.3, 0.4) is 0 Å². The number of nitrogens with zero attached hydrogens (tertiary/aromatic N) is 1. The summed E-state index contributed by atoms with van der Waals surface area (Å²) in [7, 11) is 0. The fraction of sp³-hybridized carbons (Fsp3) is 0.500. The number of rotatable bonds is 4. The highest BCUT2D eigenvalue weighted by Gasteiger charge is 2.39. The van der Waals surface area contributed by atoms with Crippen LogP contribution in [0.1, 0.15) is 12.8 Å². The standard InChI is InChI=1S/C14H17NO2/c16-14(12-6-7-12)15-8-11(9-15)10-17-13-4-2-1-3-5-13/h1-5,11-12H,6-10H2. The fourth-order valence-corrected chi connectivity index (χ4v) is 2.17. The normalized spacial score (nSPS) is 19.9. The average molecular weight is 231 g/mol. The Balaban J connectivity index is 1.40. The van der Waals surface area contributed by atoms with Gasteiger partial charge < -0.3 is 9.64 Å². The van der Waals surface area contributed by atoms with E-state index in [1.54, 1.807) is 0 Å². The summed E-state index contributed by atoms with van der Waals surface area (Å²) in [5.41, 5.74) is 0. The monoisotopic (exact) mass is 231 g/mol. The molecule has 90 valence electrons. The molecule has 1 saturated heterocycles. The highest BCUT2D eigenvalue weighted by Crippen LogP contribution is 2.33. The Kier molecular flexibility index (Phi) is 2.75. The van der Waals surface area contributed by atoms with Crippen LogP contribution in [-0.4, -0.2) is 30.5 Å². The van der Waals surface area contributed by atoms with Gasteiger partial charge >= 0.3 is 0 Å². The van der Waals surface area contributed by atoms with E-state index in [-0.39, 0.29) is 0 Å². The molecule has 0 bridgehead atoms. The van der Waals surface area contributed by atoms with E-state index in [1.807, 2.05) is 35.2 Å². The fourth-order valence-electron chi connectivity index (χ4n) is 2.17. The van der Waals surface area contributed by atoms with E-state index in [2.05, 4.69) is 0 Å². The molecule has 3 rings (SSSR count). The largest absolute Gasteiger partial charge is 0.493 e. The first-order chi connectivity index (χ1) is 8.33. The zero-order valence-corrected chi connectivity index (χ0v) is 9.84. The number of carbonyl (C=O) groups is 1. The van der Waals surface area contributed by atoms with Gasteiger partial charge in [0.15, 0.2) is 0 Å². The van der Waals surface area contributed by atoms with Crippen molar-refractivity contribution in [2.45, 2.75) is 12.8 Å². The van der Waals surface area contributed by atoms with Crippen LogP contribution in [0.4, 0.5) is 0 Å². The number of hydrogen-bond donors (Lipinski definition) is 0. The van der Waals surface area contributed by atoms with Crippen LogP contribution in [0.5, 0.6) is 5.75 Å². The van der Waals surface area contributed by atoms with Crippen molar-refractivity contribution in [2.75, 3.05) is 19.7 Å². The van der Waals surface area contributed by atoms with Gasteiger partial charge in [0.25, 0.3) is 0 Å². The Morgan fingerprint density at radius 3 is 2.59 bits per heavy atom. The Hall–Kier alpha value is -1.51. The molecule has 0 unspecified atom stereocenters. The molecule has 2 fully saturated rings. The molecule has 1 saturated carbocycles. The topological polar surface area (TPSA) is 29.5 Å². The molecular formula is C14H17NO2. The van der Waals surface area contributed by atoms with Gasteiger partial charge in [0.1, 0.15) is 5.75 Å². The van der Waals surface area contributed by atoms with Crippen LogP contribution in [0, 0.1) is 11.8 Å². The lowest BCUT2D eigenvalue weighted by Crippen LogP contribution is -2.52. The summed E-state index contributed by atoms with van der Waals surface area (Å²) in [6.07, 6.45) is 2.20. The van der Waals surface area contributed by atoms with E-state index in [0.29, 0.717) is 17.7 Å². The summed E-state index contributed by atoms with van der Waals surface area (Å²) >= 11 is 0. The Labute approximate surface area is 101 Å². The van der Waals surface area contributed by atoms with Gasteiger partial charge in [-0.25, -0.2) is 0 Å². The SMILES string of the molecule is O=C(C1CC1)N1CC(COc2ccccc2)C1. The Morgan fingerprint density at radius 2 is 1.94 bits per heavy atom. The highest BCUT2D eigenvalue weighted by atomic mass is 16.5. The third-order valence-corrected chi connectivity index (χ3v) is 3.42. The number of likely N-dealkylation sites (tertiary alicyclic amines) is 1. The van der Waals surface area contributed by atoms with E-state index >= 15 is 0 Å². The molecule has 1 aliphatic heterocycles. The van der Waals surface area contributed by atoms with Crippen molar-refractivity contribution in [2.24, 2.45) is 11.8 Å². The molecule has 0 radical (unpaired) electrons. The van der Waals surface area contributed by atoms with Crippen LogP contribution in [0.2, 0.25) is 0 Å². The Morgan fingerprint density at radius 1 is 1.24 bits per heavy atom. The van der Waals surface area contributed by atoms with Crippen LogP contribution < -0.4 is 4.74 Å². The molecule has 1 aromatic carbocycles. The minimum absolute atomic E-state index is 0.353. The summed E-state index contributed by atoms with van der Waals surface area (Å²) in [5.74, 6) is 2.14. The predicted molar refractivity (Wildman–Crippen MR) is 64.7 cm³/mol. The second-order valence-corrected chi connectivity index (χ2v) is 5.01. The molecule has 0 atom stereocenters. The van der Waals surface area contributed by atoms with E-state index in [0.717, 1.165) is 38.3 Å². The first-order valence-corrected chi connectivity index (χ1v) is 6.29. The molecule has 1 amide bonds. The molecule has 17 heavy (non-hydrogen) atoms. The number of ether oxygens (including phenoxy) is 1. The van der Waals surface area contributed by atoms with E-state index in [1.165, 1.54) is 0 Å². The molecule has 3 heteroatoms. The van der Waals surface area contributed by atoms with Crippen LogP contribution >= 0.6 is 0 Å². The van der Waals surface area contributed by atoms with Gasteiger partial charge in [-0.3, -0.25) is 4.79 Å². The van der Waals surface area contributed by atoms with Gasteiger partial charge in [0, 0.05) is 24.9 Å². The summed E-state index contributed by atoms with van der Waals surface area (Å²) in [5, 5.41) is 0. The molecule has 2 aliphatic rings. The number of benzene rings is 1. The van der Waals surface area contributed by atoms with Gasteiger partial charge in [-0.15, -0.1) is 0 Å². The predicted octanol–water partition coefficient (Wildman–Crippen LogP) is 1.93. The van der Waals surface area contributed by atoms with Crippen molar-refractivity contribution in [1.29, 1.82) is 0 Å². The van der Waals surface area contributed by atoms with Crippen molar-refractivity contribution < 1.29 is 9.53 Å². The van der Waals surface area contributed by atoms with Crippen molar-refractivity contribution >= 4 is 5.91 Å². The minimum atomic E-state index is 0.353. The van der Waals surface area contributed by atoms with Crippen LogP contribution in [0.15, 0.2) is 30.3 Å². The molecule has 0 spiro atoms. The maximum atomic E-state index is 11.7. The van der Waals surface area contributed by atoms with E-state index < -0.39 is 0 Å². The lowest BCUT2D eigenvalue weighted by Gasteiger charge is -2.39. The number of hydrogen-bond acceptors (Lipinski definition) is 2. The second-order valence-electron chi connectivity index (χ2n) is 5.01. The molecular weight excluding hydrogens is 214 g/mol. The molecule has 3 nitrogen and oxygen atoms in total. The smallest absolute Gasteiger partial charge is 0.225 e. The molecule has 1 aromatic rings. The van der Waals surface area contributed by atoms with E-state index in [4.69, 9.17) is 4.74 Å². The maximum Gasteiger partial charge on any atom is 0.225 e. The molecule has 0 aromatic heterocycles. The average Bonchev–Trinajstić information content (AvgIpc) is 3.12. The quantitative estimate of drug-likeness (QED) is 0.792. The van der Waals surface area contributed by atoms with Crippen molar-refractivity contribution in [1.82, 2.24) is 4.90 Å². The van der Waals surface area contributed by atoms with Crippen molar-refractivity contribution in [3.8, 4) is 5.75 Å². The van der Waals surface area contributed by atoms with Crippen molar-refractivity contribution in [3.63, 3.8) is 0 Å². The zero-order valence-electron chi connectivity index (χ0n) is 9.84. The lowest BCUT2D eigenvalue weighted by atomic mass is 10.0. The second kappa shape index (κ2) is 4.40. The number of para-hydroxylation sites is 1. The highest BCUT2D eigenvalue weighted by molar-refractivity contribution is 5.81.